The van der Waals surface area contributed by atoms with Gasteiger partial charge in [-0.25, -0.2) is 0 Å². The van der Waals surface area contributed by atoms with Crippen LogP contribution in [0.4, 0.5) is 0 Å². The molecule has 1 heterocycles. The Labute approximate surface area is 193 Å². The number of fused-ring (bicyclic) bond motifs is 7. The van der Waals surface area contributed by atoms with E-state index in [0.29, 0.717) is 38.6 Å². The molecule has 178 valence electrons. The van der Waals surface area contributed by atoms with Gasteiger partial charge in [-0.15, -0.1) is 0 Å². The molecule has 4 aliphatic carbocycles. The minimum absolute atomic E-state index is 0.377. The van der Waals surface area contributed by atoms with E-state index in [-0.39, 0.29) is 0 Å². The largest absolute Gasteiger partial charge is 0.378 e. The van der Waals surface area contributed by atoms with Gasteiger partial charge in [0.15, 0.2) is 0 Å². The van der Waals surface area contributed by atoms with Crippen LogP contribution in [0.15, 0.2) is 0 Å². The third-order valence-corrected chi connectivity index (χ3v) is 13.5. The van der Waals surface area contributed by atoms with Gasteiger partial charge in [0.1, 0.15) is 0 Å². The summed E-state index contributed by atoms with van der Waals surface area (Å²) in [5.41, 5.74) is 3.03. The fourth-order valence-electron chi connectivity index (χ4n) is 11.0. The second-order valence-corrected chi connectivity index (χ2v) is 15.2. The first-order valence-electron chi connectivity index (χ1n) is 13.9. The van der Waals surface area contributed by atoms with E-state index in [1.165, 1.54) is 70.6 Å². The predicted octanol–water partition coefficient (Wildman–Crippen LogP) is 8.66. The Morgan fingerprint density at radius 3 is 2.00 bits per heavy atom. The minimum Gasteiger partial charge on any atom is -0.378 e. The molecule has 0 bridgehead atoms. The molecule has 0 spiro atoms. The lowest BCUT2D eigenvalue weighted by atomic mass is 9.31. The van der Waals surface area contributed by atoms with E-state index in [0.717, 1.165) is 24.4 Å². The highest BCUT2D eigenvalue weighted by Gasteiger charge is 2.70. The van der Waals surface area contributed by atoms with E-state index >= 15 is 0 Å². The average molecular weight is 429 g/mol. The molecule has 0 N–H and O–H groups in total. The fraction of sp³-hybridized carbons (Fsp3) is 1.00. The van der Waals surface area contributed by atoms with Gasteiger partial charge in [-0.05, 0) is 128 Å². The van der Waals surface area contributed by atoms with Gasteiger partial charge in [0.05, 0.1) is 6.10 Å². The van der Waals surface area contributed by atoms with Crippen molar-refractivity contribution in [3.8, 4) is 0 Å². The fourth-order valence-corrected chi connectivity index (χ4v) is 11.0. The molecule has 9 atom stereocenters. The summed E-state index contributed by atoms with van der Waals surface area (Å²) in [6, 6.07) is 0. The van der Waals surface area contributed by atoms with Crippen molar-refractivity contribution in [1.29, 1.82) is 0 Å². The molecular weight excluding hydrogens is 376 g/mol. The molecule has 0 radical (unpaired) electrons. The standard InChI is InChI=1S/C30H52O/c1-21-27(5)12-11-23-28(6,22(27)10-9-19-31-21)16-18-30(8)24-20-25(2,3)13-14-26(24,4)15-17-29(23,30)7/h21-24H,9-20H2,1-8H3/t21-,22-,23+,24-,26-,27-,28+,29-,30+/m1/s1. The van der Waals surface area contributed by atoms with Crippen LogP contribution in [-0.4, -0.2) is 12.7 Å². The molecule has 1 nitrogen and oxygen atoms in total. The van der Waals surface area contributed by atoms with Crippen LogP contribution in [0, 0.1) is 50.2 Å². The monoisotopic (exact) mass is 428 g/mol. The molecule has 4 saturated carbocycles. The number of hydrogen-bond donors (Lipinski definition) is 0. The first-order valence-corrected chi connectivity index (χ1v) is 13.9. The molecule has 0 aromatic carbocycles. The van der Waals surface area contributed by atoms with Gasteiger partial charge in [0.2, 0.25) is 0 Å². The van der Waals surface area contributed by atoms with E-state index in [2.05, 4.69) is 55.4 Å². The minimum atomic E-state index is 0.377. The van der Waals surface area contributed by atoms with Crippen molar-refractivity contribution in [3.63, 3.8) is 0 Å². The average Bonchev–Trinajstić information content (AvgIpc) is 2.85. The lowest BCUT2D eigenvalue weighted by Crippen LogP contribution is -2.67. The van der Waals surface area contributed by atoms with Crippen LogP contribution in [0.1, 0.15) is 126 Å². The maximum Gasteiger partial charge on any atom is 0.0603 e. The van der Waals surface area contributed by atoms with Crippen LogP contribution in [0.5, 0.6) is 0 Å². The lowest BCUT2D eigenvalue weighted by molar-refractivity contribution is -0.256. The SMILES string of the molecule is C[C@H]1OCCC[C@@H]2[C@]1(C)CC[C@H]1[C@@]2(C)CC[C@@]2(C)[C@@H]3CC(C)(C)CC[C@]3(C)CC[C@]12C. The summed E-state index contributed by atoms with van der Waals surface area (Å²) in [7, 11) is 0. The summed E-state index contributed by atoms with van der Waals surface area (Å²) in [6.07, 6.45) is 16.2. The van der Waals surface area contributed by atoms with Crippen LogP contribution in [0.2, 0.25) is 0 Å². The topological polar surface area (TPSA) is 9.23 Å². The summed E-state index contributed by atoms with van der Waals surface area (Å²) < 4.78 is 6.36. The lowest BCUT2D eigenvalue weighted by Gasteiger charge is -2.74. The van der Waals surface area contributed by atoms with Crippen LogP contribution in [0.3, 0.4) is 0 Å². The molecule has 5 aliphatic rings. The normalized spacial score (nSPS) is 58.8. The Hall–Kier alpha value is -0.0400. The molecule has 5 rings (SSSR count). The molecule has 1 heteroatoms. The molecule has 0 aromatic rings. The molecule has 0 unspecified atom stereocenters. The smallest absolute Gasteiger partial charge is 0.0603 e. The Morgan fingerprint density at radius 1 is 0.613 bits per heavy atom. The van der Waals surface area contributed by atoms with Gasteiger partial charge in [0.25, 0.3) is 0 Å². The van der Waals surface area contributed by atoms with Crippen molar-refractivity contribution >= 4 is 0 Å². The summed E-state index contributed by atoms with van der Waals surface area (Å²) in [5, 5.41) is 0. The second kappa shape index (κ2) is 6.76. The third-order valence-electron chi connectivity index (χ3n) is 13.5. The number of hydrogen-bond acceptors (Lipinski definition) is 1. The van der Waals surface area contributed by atoms with Gasteiger partial charge in [0, 0.05) is 6.61 Å². The highest BCUT2D eigenvalue weighted by atomic mass is 16.5. The van der Waals surface area contributed by atoms with E-state index in [4.69, 9.17) is 4.74 Å². The zero-order chi connectivity index (χ0) is 22.5. The third kappa shape index (κ3) is 2.89. The van der Waals surface area contributed by atoms with Gasteiger partial charge >= 0.3 is 0 Å². The zero-order valence-electron chi connectivity index (χ0n) is 22.2. The number of ether oxygens (including phenoxy) is 1. The molecule has 1 saturated heterocycles. The summed E-state index contributed by atoms with van der Waals surface area (Å²) in [4.78, 5) is 0. The Morgan fingerprint density at radius 2 is 1.26 bits per heavy atom. The van der Waals surface area contributed by atoms with E-state index in [9.17, 15) is 0 Å². The molecule has 0 amide bonds. The Kier molecular flexibility index (Phi) is 4.96. The highest BCUT2D eigenvalue weighted by molar-refractivity contribution is 5.19. The van der Waals surface area contributed by atoms with Crippen molar-refractivity contribution in [1.82, 2.24) is 0 Å². The maximum absolute atomic E-state index is 6.36. The molecular formula is C30H52O. The van der Waals surface area contributed by atoms with Crippen molar-refractivity contribution in [2.24, 2.45) is 50.2 Å². The summed E-state index contributed by atoms with van der Waals surface area (Å²) in [6.45, 7) is 22.1. The van der Waals surface area contributed by atoms with Gasteiger partial charge < -0.3 is 4.74 Å². The summed E-state index contributed by atoms with van der Waals surface area (Å²) in [5.74, 6) is 2.65. The zero-order valence-corrected chi connectivity index (χ0v) is 22.2. The van der Waals surface area contributed by atoms with Gasteiger partial charge in [-0.1, -0.05) is 48.5 Å². The quantitative estimate of drug-likeness (QED) is 0.375. The van der Waals surface area contributed by atoms with Crippen LogP contribution in [-0.2, 0) is 4.74 Å². The van der Waals surface area contributed by atoms with E-state index < -0.39 is 0 Å². The summed E-state index contributed by atoms with van der Waals surface area (Å²) >= 11 is 0. The maximum atomic E-state index is 6.36. The van der Waals surface area contributed by atoms with Crippen LogP contribution < -0.4 is 0 Å². The number of rotatable bonds is 0. The van der Waals surface area contributed by atoms with Crippen LogP contribution >= 0.6 is 0 Å². The van der Waals surface area contributed by atoms with Crippen molar-refractivity contribution in [2.45, 2.75) is 132 Å². The molecule has 1 aliphatic heterocycles. The van der Waals surface area contributed by atoms with Crippen molar-refractivity contribution in [3.05, 3.63) is 0 Å². The molecule has 0 aromatic heterocycles. The first kappa shape index (κ1) is 22.7. The van der Waals surface area contributed by atoms with E-state index in [1.54, 1.807) is 0 Å². The van der Waals surface area contributed by atoms with Gasteiger partial charge in [-0.3, -0.25) is 0 Å². The molecule has 5 fully saturated rings. The first-order chi connectivity index (χ1) is 14.3. The molecule has 31 heavy (non-hydrogen) atoms. The van der Waals surface area contributed by atoms with Gasteiger partial charge in [-0.2, -0.15) is 0 Å². The van der Waals surface area contributed by atoms with Crippen LogP contribution in [0.25, 0.3) is 0 Å². The van der Waals surface area contributed by atoms with E-state index in [1.807, 2.05) is 0 Å². The Bertz CT molecular complexity index is 726. The highest BCUT2D eigenvalue weighted by Crippen LogP contribution is 2.77. The second-order valence-electron chi connectivity index (χ2n) is 15.2. The Balaban J connectivity index is 1.55. The predicted molar refractivity (Wildman–Crippen MR) is 131 cm³/mol. The van der Waals surface area contributed by atoms with Crippen molar-refractivity contribution in [2.75, 3.05) is 6.61 Å². The van der Waals surface area contributed by atoms with Crippen molar-refractivity contribution < 1.29 is 4.74 Å².